The van der Waals surface area contributed by atoms with Gasteiger partial charge in [-0.25, -0.2) is 9.48 Å². The lowest BCUT2D eigenvalue weighted by molar-refractivity contribution is 0.262. The second-order valence-electron chi connectivity index (χ2n) is 7.65. The van der Waals surface area contributed by atoms with E-state index in [4.69, 9.17) is 4.74 Å². The van der Waals surface area contributed by atoms with Crippen molar-refractivity contribution in [1.29, 1.82) is 0 Å². The molecule has 0 saturated carbocycles. The lowest BCUT2D eigenvalue weighted by Crippen LogP contribution is -2.19. The maximum absolute atomic E-state index is 12.3. The van der Waals surface area contributed by atoms with E-state index in [9.17, 15) is 4.79 Å². The highest BCUT2D eigenvalue weighted by atomic mass is 16.5. The highest BCUT2D eigenvalue weighted by Gasteiger charge is 2.08. The first-order valence-electron chi connectivity index (χ1n) is 10.2. The maximum atomic E-state index is 12.3. The number of carbonyl (C=O) groups excluding carboxylic acids is 1. The van der Waals surface area contributed by atoms with Gasteiger partial charge in [-0.1, -0.05) is 6.07 Å². The Balaban J connectivity index is 1.36. The van der Waals surface area contributed by atoms with Crippen molar-refractivity contribution in [3.63, 3.8) is 0 Å². The van der Waals surface area contributed by atoms with E-state index in [2.05, 4.69) is 32.0 Å². The Morgan fingerprint density at radius 2 is 1.50 bits per heavy atom. The summed E-state index contributed by atoms with van der Waals surface area (Å²) in [4.78, 5) is 12.3. The molecule has 162 valence electrons. The maximum Gasteiger partial charge on any atom is 0.323 e. The Morgan fingerprint density at radius 1 is 0.812 bits per heavy atom. The van der Waals surface area contributed by atoms with Gasteiger partial charge in [-0.15, -0.1) is 10.2 Å². The van der Waals surface area contributed by atoms with E-state index in [0.717, 1.165) is 28.2 Å². The van der Waals surface area contributed by atoms with Crippen molar-refractivity contribution in [2.75, 3.05) is 10.6 Å². The molecule has 4 aromatic rings. The zero-order valence-electron chi connectivity index (χ0n) is 18.4. The van der Waals surface area contributed by atoms with Crippen LogP contribution in [0, 0.1) is 27.7 Å². The van der Waals surface area contributed by atoms with Crippen molar-refractivity contribution < 1.29 is 9.53 Å². The van der Waals surface area contributed by atoms with Crippen LogP contribution in [-0.4, -0.2) is 26.0 Å². The zero-order chi connectivity index (χ0) is 22.7. The third-order valence-electron chi connectivity index (χ3n) is 4.67. The van der Waals surface area contributed by atoms with Crippen LogP contribution in [0.3, 0.4) is 0 Å². The molecule has 8 heteroatoms. The van der Waals surface area contributed by atoms with Gasteiger partial charge in [-0.2, -0.15) is 5.10 Å². The largest absolute Gasteiger partial charge is 0.438 e. The molecule has 32 heavy (non-hydrogen) atoms. The molecular formula is C24H24N6O2. The SMILES string of the molecule is Cc1cc(C)cc(NC(=O)Nc2ccc(Oc3ccc(-n4nc(C)cc4C)nn3)cc2)c1. The molecule has 0 unspecified atom stereocenters. The number of benzene rings is 2. The number of hydrogen-bond acceptors (Lipinski definition) is 5. The minimum absolute atomic E-state index is 0.311. The van der Waals surface area contributed by atoms with Gasteiger partial charge in [0.05, 0.1) is 5.69 Å². The summed E-state index contributed by atoms with van der Waals surface area (Å²) in [7, 11) is 0. The average molecular weight is 428 g/mol. The van der Waals surface area contributed by atoms with Gasteiger partial charge >= 0.3 is 6.03 Å². The van der Waals surface area contributed by atoms with E-state index < -0.39 is 0 Å². The number of rotatable bonds is 5. The van der Waals surface area contributed by atoms with Crippen LogP contribution in [0.4, 0.5) is 16.2 Å². The molecule has 0 aliphatic carbocycles. The molecule has 0 aliphatic heterocycles. The topological polar surface area (TPSA) is 94.0 Å². The number of urea groups is 1. The number of nitrogens with zero attached hydrogens (tertiary/aromatic N) is 4. The average Bonchev–Trinajstić information content (AvgIpc) is 3.07. The van der Waals surface area contributed by atoms with E-state index in [1.807, 2.05) is 45.9 Å². The van der Waals surface area contributed by atoms with Crippen LogP contribution in [0.1, 0.15) is 22.5 Å². The second kappa shape index (κ2) is 8.89. The number of amides is 2. The lowest BCUT2D eigenvalue weighted by Gasteiger charge is -2.10. The number of ether oxygens (including phenoxy) is 1. The van der Waals surface area contributed by atoms with Gasteiger partial charge in [0, 0.05) is 23.1 Å². The quantitative estimate of drug-likeness (QED) is 0.448. The number of carbonyl (C=O) groups is 1. The van der Waals surface area contributed by atoms with Crippen LogP contribution in [0.25, 0.3) is 5.82 Å². The Morgan fingerprint density at radius 3 is 2.09 bits per heavy atom. The fourth-order valence-electron chi connectivity index (χ4n) is 3.41. The predicted octanol–water partition coefficient (Wildman–Crippen LogP) is 5.33. The molecule has 0 spiro atoms. The summed E-state index contributed by atoms with van der Waals surface area (Å²) in [5.41, 5.74) is 5.48. The van der Waals surface area contributed by atoms with Crippen LogP contribution < -0.4 is 15.4 Å². The minimum atomic E-state index is -0.311. The number of nitrogens with one attached hydrogen (secondary N) is 2. The smallest absolute Gasteiger partial charge is 0.323 e. The Bertz CT molecular complexity index is 1230. The molecule has 2 amide bonds. The van der Waals surface area contributed by atoms with Crippen molar-refractivity contribution in [3.8, 4) is 17.4 Å². The zero-order valence-corrected chi connectivity index (χ0v) is 18.4. The first kappa shape index (κ1) is 21.0. The summed E-state index contributed by atoms with van der Waals surface area (Å²) in [6, 6.07) is 18.1. The molecule has 0 radical (unpaired) electrons. The van der Waals surface area contributed by atoms with Gasteiger partial charge < -0.3 is 15.4 Å². The molecule has 0 fully saturated rings. The molecule has 2 N–H and O–H groups in total. The second-order valence-corrected chi connectivity index (χ2v) is 7.65. The molecule has 8 nitrogen and oxygen atoms in total. The van der Waals surface area contributed by atoms with E-state index in [1.165, 1.54) is 0 Å². The normalized spacial score (nSPS) is 10.6. The standard InChI is InChI=1S/C24H24N6O2/c1-15-11-16(2)13-20(12-15)26-24(31)25-19-5-7-21(8-6-19)32-23-10-9-22(27-28-23)30-18(4)14-17(3)29-30/h5-14H,1-4H3,(H2,25,26,31). The third kappa shape index (κ3) is 5.10. The molecular weight excluding hydrogens is 404 g/mol. The van der Waals surface area contributed by atoms with E-state index in [1.54, 1.807) is 41.1 Å². The fourth-order valence-corrected chi connectivity index (χ4v) is 3.41. The summed E-state index contributed by atoms with van der Waals surface area (Å²) in [5.74, 6) is 1.57. The molecule has 0 aliphatic rings. The monoisotopic (exact) mass is 428 g/mol. The summed E-state index contributed by atoms with van der Waals surface area (Å²) in [6.07, 6.45) is 0. The minimum Gasteiger partial charge on any atom is -0.438 e. The third-order valence-corrected chi connectivity index (χ3v) is 4.67. The molecule has 2 aromatic heterocycles. The van der Waals surface area contributed by atoms with Crippen LogP contribution in [-0.2, 0) is 0 Å². The van der Waals surface area contributed by atoms with E-state index >= 15 is 0 Å². The number of aromatic nitrogens is 4. The summed E-state index contributed by atoms with van der Waals surface area (Å²) < 4.78 is 7.49. The van der Waals surface area contributed by atoms with Crippen LogP contribution in [0.15, 0.2) is 60.7 Å². The van der Waals surface area contributed by atoms with E-state index in [0.29, 0.717) is 23.1 Å². The molecule has 4 rings (SSSR count). The predicted molar refractivity (Wildman–Crippen MR) is 124 cm³/mol. The van der Waals surface area contributed by atoms with Gasteiger partial charge in [0.1, 0.15) is 5.75 Å². The van der Waals surface area contributed by atoms with Crippen molar-refractivity contribution in [3.05, 3.63) is 83.2 Å². The van der Waals surface area contributed by atoms with Crippen LogP contribution in [0.5, 0.6) is 11.6 Å². The van der Waals surface area contributed by atoms with E-state index in [-0.39, 0.29) is 6.03 Å². The van der Waals surface area contributed by atoms with Crippen molar-refractivity contribution in [2.24, 2.45) is 0 Å². The summed E-state index contributed by atoms with van der Waals surface area (Å²) in [5, 5.41) is 18.4. The number of anilines is 2. The van der Waals surface area contributed by atoms with Crippen molar-refractivity contribution in [1.82, 2.24) is 20.0 Å². The lowest BCUT2D eigenvalue weighted by atomic mass is 10.1. The number of aryl methyl sites for hydroxylation is 4. The van der Waals surface area contributed by atoms with Gasteiger partial charge in [0.2, 0.25) is 5.88 Å². The molecule has 0 bridgehead atoms. The molecule has 0 saturated heterocycles. The van der Waals surface area contributed by atoms with Crippen molar-refractivity contribution >= 4 is 17.4 Å². The van der Waals surface area contributed by atoms with Crippen LogP contribution >= 0.6 is 0 Å². The van der Waals surface area contributed by atoms with Gasteiger partial charge in [0.25, 0.3) is 0 Å². The number of hydrogen-bond donors (Lipinski definition) is 2. The molecule has 0 atom stereocenters. The first-order valence-corrected chi connectivity index (χ1v) is 10.2. The highest BCUT2D eigenvalue weighted by Crippen LogP contribution is 2.22. The summed E-state index contributed by atoms with van der Waals surface area (Å²) in [6.45, 7) is 7.88. The first-order chi connectivity index (χ1) is 15.4. The molecule has 2 aromatic carbocycles. The highest BCUT2D eigenvalue weighted by molar-refractivity contribution is 5.99. The van der Waals surface area contributed by atoms with Crippen LogP contribution in [0.2, 0.25) is 0 Å². The molecule has 2 heterocycles. The summed E-state index contributed by atoms with van der Waals surface area (Å²) >= 11 is 0. The Hall–Kier alpha value is -4.20. The Kier molecular flexibility index (Phi) is 5.85. The van der Waals surface area contributed by atoms with Crippen molar-refractivity contribution in [2.45, 2.75) is 27.7 Å². The Labute approximate surface area is 186 Å². The van der Waals surface area contributed by atoms with Gasteiger partial charge in [0.15, 0.2) is 5.82 Å². The van der Waals surface area contributed by atoms with Gasteiger partial charge in [-0.3, -0.25) is 0 Å². The fraction of sp³-hybridized carbons (Fsp3) is 0.167. The van der Waals surface area contributed by atoms with Gasteiger partial charge in [-0.05, 0) is 87.4 Å².